The van der Waals surface area contributed by atoms with Crippen LogP contribution in [0.25, 0.3) is 0 Å². The molecule has 0 bridgehead atoms. The first-order valence-electron chi connectivity index (χ1n) is 9.36. The third-order valence-electron chi connectivity index (χ3n) is 4.90. The topological polar surface area (TPSA) is 41.4 Å². The predicted molar refractivity (Wildman–Crippen MR) is 110 cm³/mol. The number of thiazole rings is 1. The summed E-state index contributed by atoms with van der Waals surface area (Å²) in [5.74, 6) is 0.119. The van der Waals surface area contributed by atoms with Crippen LogP contribution in [-0.4, -0.2) is 46.5 Å². The third-order valence-corrected chi connectivity index (χ3v) is 5.92. The van der Waals surface area contributed by atoms with E-state index in [4.69, 9.17) is 0 Å². The Bertz CT molecular complexity index is 902. The zero-order valence-corrected chi connectivity index (χ0v) is 16.4. The highest BCUT2D eigenvalue weighted by atomic mass is 32.1. The molecular formula is C21H24N4OS. The average Bonchev–Trinajstić information content (AvgIpc) is 3.24. The van der Waals surface area contributed by atoms with Gasteiger partial charge >= 0.3 is 0 Å². The van der Waals surface area contributed by atoms with E-state index in [-0.39, 0.29) is 5.91 Å². The molecule has 0 saturated carbocycles. The molecule has 3 heterocycles. The minimum atomic E-state index is 0.119. The van der Waals surface area contributed by atoms with Gasteiger partial charge in [-0.15, -0.1) is 11.3 Å². The summed E-state index contributed by atoms with van der Waals surface area (Å²) in [5.41, 5.74) is 3.02. The van der Waals surface area contributed by atoms with Gasteiger partial charge in [0.05, 0.1) is 5.69 Å². The molecule has 1 fully saturated rings. The fraction of sp³-hybridized carbons (Fsp3) is 0.333. The maximum atomic E-state index is 13.1. The summed E-state index contributed by atoms with van der Waals surface area (Å²) in [7, 11) is 0. The van der Waals surface area contributed by atoms with Gasteiger partial charge in [0.2, 0.25) is 0 Å². The van der Waals surface area contributed by atoms with Crippen molar-refractivity contribution in [2.45, 2.75) is 19.9 Å². The van der Waals surface area contributed by atoms with Crippen molar-refractivity contribution >= 4 is 22.4 Å². The fourth-order valence-corrected chi connectivity index (χ4v) is 4.34. The third kappa shape index (κ3) is 4.06. The molecule has 0 spiro atoms. The minimum absolute atomic E-state index is 0.119. The molecule has 1 saturated heterocycles. The van der Waals surface area contributed by atoms with Crippen LogP contribution >= 0.6 is 11.3 Å². The average molecular weight is 381 g/mol. The molecule has 0 aliphatic carbocycles. The number of anilines is 1. The van der Waals surface area contributed by atoms with Crippen LogP contribution in [0.4, 0.5) is 5.13 Å². The first kappa shape index (κ1) is 17.8. The first-order valence-corrected chi connectivity index (χ1v) is 10.2. The lowest BCUT2D eigenvalue weighted by Gasteiger charge is -2.22. The molecule has 140 valence electrons. The van der Waals surface area contributed by atoms with E-state index in [1.54, 1.807) is 11.3 Å². The van der Waals surface area contributed by atoms with E-state index < -0.39 is 0 Å². The molecule has 0 unspecified atom stereocenters. The van der Waals surface area contributed by atoms with Gasteiger partial charge in [0.1, 0.15) is 5.69 Å². The van der Waals surface area contributed by atoms with Gasteiger partial charge in [-0.05, 0) is 31.0 Å². The number of carbonyl (C=O) groups is 1. The van der Waals surface area contributed by atoms with E-state index in [1.165, 1.54) is 5.56 Å². The highest BCUT2D eigenvalue weighted by molar-refractivity contribution is 7.13. The maximum Gasteiger partial charge on any atom is 0.270 e. The highest BCUT2D eigenvalue weighted by Gasteiger charge is 2.23. The molecular weight excluding hydrogens is 356 g/mol. The molecule has 1 aliphatic heterocycles. The van der Waals surface area contributed by atoms with E-state index in [2.05, 4.69) is 27.4 Å². The Morgan fingerprint density at radius 2 is 1.93 bits per heavy atom. The van der Waals surface area contributed by atoms with Crippen LogP contribution < -0.4 is 4.90 Å². The second-order valence-electron chi connectivity index (χ2n) is 6.91. The molecule has 0 atom stereocenters. The number of hydrogen-bond acceptors (Lipinski definition) is 4. The molecule has 5 nitrogen and oxygen atoms in total. The number of nitrogens with zero attached hydrogens (tertiary/aromatic N) is 4. The highest BCUT2D eigenvalue weighted by Crippen LogP contribution is 2.22. The molecule has 1 aliphatic rings. The number of aromatic nitrogens is 2. The van der Waals surface area contributed by atoms with E-state index in [0.717, 1.165) is 49.1 Å². The SMILES string of the molecule is Cc1csc(N2CCCN(C(=O)c3cccn3Cc3ccccc3)CC2)n1. The minimum Gasteiger partial charge on any atom is -0.346 e. The quantitative estimate of drug-likeness (QED) is 0.694. The zero-order chi connectivity index (χ0) is 18.6. The second-order valence-corrected chi connectivity index (χ2v) is 7.75. The van der Waals surface area contributed by atoms with Crippen LogP contribution in [0.5, 0.6) is 0 Å². The van der Waals surface area contributed by atoms with Crippen LogP contribution in [0.15, 0.2) is 54.0 Å². The van der Waals surface area contributed by atoms with Gasteiger partial charge in [-0.2, -0.15) is 0 Å². The van der Waals surface area contributed by atoms with Crippen LogP contribution in [0, 0.1) is 6.92 Å². The Morgan fingerprint density at radius 1 is 1.07 bits per heavy atom. The van der Waals surface area contributed by atoms with Crippen molar-refractivity contribution in [3.8, 4) is 0 Å². The smallest absolute Gasteiger partial charge is 0.270 e. The lowest BCUT2D eigenvalue weighted by molar-refractivity contribution is 0.0756. The molecule has 0 radical (unpaired) electrons. The van der Waals surface area contributed by atoms with Crippen molar-refractivity contribution in [2.24, 2.45) is 0 Å². The van der Waals surface area contributed by atoms with Crippen LogP contribution in [0.3, 0.4) is 0 Å². The molecule has 3 aromatic rings. The lowest BCUT2D eigenvalue weighted by atomic mass is 10.2. The van der Waals surface area contributed by atoms with Gasteiger partial charge in [0.25, 0.3) is 5.91 Å². The zero-order valence-electron chi connectivity index (χ0n) is 15.5. The van der Waals surface area contributed by atoms with Crippen molar-refractivity contribution in [3.63, 3.8) is 0 Å². The summed E-state index contributed by atoms with van der Waals surface area (Å²) < 4.78 is 2.05. The van der Waals surface area contributed by atoms with Crippen molar-refractivity contribution in [1.82, 2.24) is 14.5 Å². The molecule has 1 aromatic carbocycles. The Labute approximate surface area is 163 Å². The van der Waals surface area contributed by atoms with Gasteiger partial charge in [-0.3, -0.25) is 4.79 Å². The Morgan fingerprint density at radius 3 is 2.70 bits per heavy atom. The van der Waals surface area contributed by atoms with Crippen molar-refractivity contribution < 1.29 is 4.79 Å². The molecule has 4 rings (SSSR count). The monoisotopic (exact) mass is 380 g/mol. The summed E-state index contributed by atoms with van der Waals surface area (Å²) in [5, 5.41) is 3.15. The van der Waals surface area contributed by atoms with Crippen LogP contribution in [0.2, 0.25) is 0 Å². The van der Waals surface area contributed by atoms with Crippen molar-refractivity contribution in [1.29, 1.82) is 0 Å². The van der Waals surface area contributed by atoms with Gasteiger partial charge in [-0.25, -0.2) is 4.98 Å². The molecule has 1 amide bonds. The van der Waals surface area contributed by atoms with Gasteiger partial charge in [0, 0.05) is 44.3 Å². The number of hydrogen-bond donors (Lipinski definition) is 0. The number of benzene rings is 1. The lowest BCUT2D eigenvalue weighted by Crippen LogP contribution is -2.36. The van der Waals surface area contributed by atoms with Crippen molar-refractivity contribution in [3.05, 3.63) is 71.0 Å². The summed E-state index contributed by atoms with van der Waals surface area (Å²) >= 11 is 1.68. The Balaban J connectivity index is 1.45. The van der Waals surface area contributed by atoms with E-state index >= 15 is 0 Å². The Hall–Kier alpha value is -2.60. The standard InChI is InChI=1S/C21H24N4OS/c1-17-16-27-21(22-17)24-12-6-11-23(13-14-24)20(26)19-9-5-10-25(19)15-18-7-3-2-4-8-18/h2-5,7-10,16H,6,11-15H2,1H3. The van der Waals surface area contributed by atoms with Crippen LogP contribution in [0.1, 0.15) is 28.2 Å². The predicted octanol–water partition coefficient (Wildman–Crippen LogP) is 3.65. The van der Waals surface area contributed by atoms with Gasteiger partial charge in [0.15, 0.2) is 5.13 Å². The largest absolute Gasteiger partial charge is 0.346 e. The second kappa shape index (κ2) is 7.96. The summed E-state index contributed by atoms with van der Waals surface area (Å²) in [6.07, 6.45) is 2.95. The first-order chi connectivity index (χ1) is 13.2. The van der Waals surface area contributed by atoms with E-state index in [0.29, 0.717) is 6.54 Å². The molecule has 0 N–H and O–H groups in total. The number of carbonyl (C=O) groups excluding carboxylic acids is 1. The van der Waals surface area contributed by atoms with Crippen LogP contribution in [-0.2, 0) is 6.54 Å². The van der Waals surface area contributed by atoms with Crippen molar-refractivity contribution in [2.75, 3.05) is 31.1 Å². The molecule has 6 heteroatoms. The summed E-state index contributed by atoms with van der Waals surface area (Å²) in [4.78, 5) is 22.0. The number of amides is 1. The van der Waals surface area contributed by atoms with Gasteiger partial charge < -0.3 is 14.4 Å². The maximum absolute atomic E-state index is 13.1. The summed E-state index contributed by atoms with van der Waals surface area (Å²) in [6, 6.07) is 14.1. The normalized spacial score (nSPS) is 15.0. The summed E-state index contributed by atoms with van der Waals surface area (Å²) in [6.45, 7) is 6.03. The molecule has 27 heavy (non-hydrogen) atoms. The van der Waals surface area contributed by atoms with E-state index in [1.807, 2.05) is 52.9 Å². The number of aryl methyl sites for hydroxylation is 1. The molecule has 2 aromatic heterocycles. The van der Waals surface area contributed by atoms with Gasteiger partial charge in [-0.1, -0.05) is 30.3 Å². The Kier molecular flexibility index (Phi) is 5.25. The number of rotatable bonds is 4. The fourth-order valence-electron chi connectivity index (χ4n) is 3.49. The van der Waals surface area contributed by atoms with E-state index in [9.17, 15) is 4.79 Å².